The summed E-state index contributed by atoms with van der Waals surface area (Å²) in [6.07, 6.45) is 2.92. The van der Waals surface area contributed by atoms with E-state index < -0.39 is 0 Å². The van der Waals surface area contributed by atoms with Gasteiger partial charge in [-0.3, -0.25) is 0 Å². The maximum absolute atomic E-state index is 13.5. The minimum absolute atomic E-state index is 0.319. The fourth-order valence-electron chi connectivity index (χ4n) is 2.44. The van der Waals surface area contributed by atoms with Crippen LogP contribution < -0.4 is 10.5 Å². The molecular formula is C13H18FNO2. The summed E-state index contributed by atoms with van der Waals surface area (Å²) in [4.78, 5) is 0. The number of nitrogens with two attached hydrogens (primary N) is 1. The first-order valence-corrected chi connectivity index (χ1v) is 5.75. The second-order valence-corrected chi connectivity index (χ2v) is 4.58. The number of halogens is 1. The van der Waals surface area contributed by atoms with Crippen molar-refractivity contribution in [3.05, 3.63) is 29.1 Å². The smallest absolute Gasteiger partial charge is 0.127 e. The highest BCUT2D eigenvalue weighted by Crippen LogP contribution is 2.44. The molecule has 4 heteroatoms. The van der Waals surface area contributed by atoms with Crippen LogP contribution in [-0.4, -0.2) is 14.2 Å². The Morgan fingerprint density at radius 3 is 2.53 bits per heavy atom. The molecule has 1 saturated carbocycles. The molecule has 1 aromatic rings. The van der Waals surface area contributed by atoms with E-state index in [2.05, 4.69) is 0 Å². The van der Waals surface area contributed by atoms with Gasteiger partial charge in [0.1, 0.15) is 11.6 Å². The molecule has 1 aliphatic carbocycles. The molecule has 0 amide bonds. The van der Waals surface area contributed by atoms with Crippen LogP contribution in [-0.2, 0) is 16.9 Å². The van der Waals surface area contributed by atoms with E-state index in [1.54, 1.807) is 7.11 Å². The molecule has 0 aromatic heterocycles. The zero-order valence-electron chi connectivity index (χ0n) is 10.3. The van der Waals surface area contributed by atoms with Crippen molar-refractivity contribution >= 4 is 0 Å². The summed E-state index contributed by atoms with van der Waals surface area (Å²) in [6, 6.07) is 2.87. The zero-order valence-corrected chi connectivity index (χ0v) is 10.3. The monoisotopic (exact) mass is 239 g/mol. The van der Waals surface area contributed by atoms with Gasteiger partial charge in [0, 0.05) is 24.3 Å². The van der Waals surface area contributed by atoms with E-state index in [4.69, 9.17) is 15.2 Å². The molecule has 0 spiro atoms. The second kappa shape index (κ2) is 4.63. The van der Waals surface area contributed by atoms with Crippen molar-refractivity contribution in [2.45, 2.75) is 31.4 Å². The molecule has 1 aliphatic rings. The fourth-order valence-corrected chi connectivity index (χ4v) is 2.44. The Hall–Kier alpha value is -1.13. The number of hydrogen-bond acceptors (Lipinski definition) is 3. The first kappa shape index (κ1) is 12.3. The summed E-state index contributed by atoms with van der Waals surface area (Å²) < 4.78 is 23.8. The van der Waals surface area contributed by atoms with E-state index in [-0.39, 0.29) is 11.4 Å². The van der Waals surface area contributed by atoms with E-state index in [0.29, 0.717) is 12.4 Å². The van der Waals surface area contributed by atoms with Crippen LogP contribution in [0.3, 0.4) is 0 Å². The summed E-state index contributed by atoms with van der Waals surface area (Å²) in [5.74, 6) is 0.208. The molecule has 0 unspecified atom stereocenters. The van der Waals surface area contributed by atoms with E-state index in [0.717, 1.165) is 30.4 Å². The van der Waals surface area contributed by atoms with Gasteiger partial charge in [0.05, 0.1) is 13.7 Å². The third-order valence-electron chi connectivity index (χ3n) is 3.41. The lowest BCUT2D eigenvalue weighted by atomic mass is 9.71. The van der Waals surface area contributed by atoms with Crippen LogP contribution >= 0.6 is 0 Å². The van der Waals surface area contributed by atoms with E-state index >= 15 is 0 Å². The van der Waals surface area contributed by atoms with Crippen LogP contribution in [0.2, 0.25) is 0 Å². The molecule has 0 bridgehead atoms. The minimum atomic E-state index is -0.382. The standard InChI is InChI=1S/C13H18FNO2/c1-16-8-9-6-10(14)7-11(17-2)12(9)13(15)4-3-5-13/h6-7H,3-5,8,15H2,1-2H3. The third-order valence-corrected chi connectivity index (χ3v) is 3.41. The average Bonchev–Trinajstić information content (AvgIpc) is 2.25. The Morgan fingerprint density at radius 1 is 1.35 bits per heavy atom. The lowest BCUT2D eigenvalue weighted by Gasteiger charge is -2.40. The van der Waals surface area contributed by atoms with Crippen molar-refractivity contribution in [1.29, 1.82) is 0 Å². The maximum atomic E-state index is 13.5. The molecule has 0 radical (unpaired) electrons. The highest BCUT2D eigenvalue weighted by atomic mass is 19.1. The SMILES string of the molecule is COCc1cc(F)cc(OC)c1C1(N)CCC1. The normalized spacial score (nSPS) is 17.6. The van der Waals surface area contributed by atoms with Crippen molar-refractivity contribution in [3.8, 4) is 5.75 Å². The van der Waals surface area contributed by atoms with Crippen LogP contribution in [0.5, 0.6) is 5.75 Å². The molecule has 1 aromatic carbocycles. The average molecular weight is 239 g/mol. The Labute approximate surface area is 101 Å². The largest absolute Gasteiger partial charge is 0.496 e. The van der Waals surface area contributed by atoms with Gasteiger partial charge in [0.25, 0.3) is 0 Å². The molecule has 94 valence electrons. The Morgan fingerprint density at radius 2 is 2.06 bits per heavy atom. The number of methoxy groups -OCH3 is 2. The topological polar surface area (TPSA) is 44.5 Å². The Bertz CT molecular complexity index is 416. The maximum Gasteiger partial charge on any atom is 0.127 e. The zero-order chi connectivity index (χ0) is 12.5. The molecule has 17 heavy (non-hydrogen) atoms. The van der Waals surface area contributed by atoms with Gasteiger partial charge in [0.2, 0.25) is 0 Å². The Balaban J connectivity index is 2.52. The van der Waals surface area contributed by atoms with Crippen molar-refractivity contribution < 1.29 is 13.9 Å². The van der Waals surface area contributed by atoms with Gasteiger partial charge in [-0.05, 0) is 30.9 Å². The lowest BCUT2D eigenvalue weighted by Crippen LogP contribution is -2.44. The van der Waals surface area contributed by atoms with Crippen LogP contribution in [0, 0.1) is 5.82 Å². The van der Waals surface area contributed by atoms with Crippen molar-refractivity contribution in [3.63, 3.8) is 0 Å². The first-order valence-electron chi connectivity index (χ1n) is 5.75. The second-order valence-electron chi connectivity index (χ2n) is 4.58. The molecule has 3 nitrogen and oxygen atoms in total. The summed E-state index contributed by atoms with van der Waals surface area (Å²) in [5, 5.41) is 0. The van der Waals surface area contributed by atoms with Crippen LogP contribution in [0.1, 0.15) is 30.4 Å². The van der Waals surface area contributed by atoms with Crippen LogP contribution in [0.4, 0.5) is 4.39 Å². The highest BCUT2D eigenvalue weighted by molar-refractivity contribution is 5.46. The van der Waals surface area contributed by atoms with Gasteiger partial charge in [0.15, 0.2) is 0 Å². The van der Waals surface area contributed by atoms with Crippen LogP contribution in [0.15, 0.2) is 12.1 Å². The third kappa shape index (κ3) is 2.15. The quantitative estimate of drug-likeness (QED) is 0.877. The molecule has 2 N–H and O–H groups in total. The summed E-state index contributed by atoms with van der Waals surface area (Å²) >= 11 is 0. The van der Waals surface area contributed by atoms with Crippen molar-refractivity contribution in [2.75, 3.05) is 14.2 Å². The lowest BCUT2D eigenvalue weighted by molar-refractivity contribution is 0.176. The minimum Gasteiger partial charge on any atom is -0.496 e. The van der Waals surface area contributed by atoms with Crippen molar-refractivity contribution in [2.24, 2.45) is 5.73 Å². The molecule has 0 aliphatic heterocycles. The fraction of sp³-hybridized carbons (Fsp3) is 0.538. The number of rotatable bonds is 4. The first-order chi connectivity index (χ1) is 8.10. The van der Waals surface area contributed by atoms with Gasteiger partial charge in [-0.15, -0.1) is 0 Å². The summed E-state index contributed by atoms with van der Waals surface area (Å²) in [6.45, 7) is 0.350. The van der Waals surface area contributed by atoms with Crippen LogP contribution in [0.25, 0.3) is 0 Å². The van der Waals surface area contributed by atoms with E-state index in [9.17, 15) is 4.39 Å². The molecule has 2 rings (SSSR count). The van der Waals surface area contributed by atoms with Crippen molar-refractivity contribution in [1.82, 2.24) is 0 Å². The molecule has 0 atom stereocenters. The molecular weight excluding hydrogens is 221 g/mol. The predicted octanol–water partition coefficient (Wildman–Crippen LogP) is 2.32. The Kier molecular flexibility index (Phi) is 3.35. The molecule has 1 fully saturated rings. The number of hydrogen-bond donors (Lipinski definition) is 1. The summed E-state index contributed by atoms with van der Waals surface area (Å²) in [5.41, 5.74) is 7.62. The predicted molar refractivity (Wildman–Crippen MR) is 63.4 cm³/mol. The van der Waals surface area contributed by atoms with Gasteiger partial charge >= 0.3 is 0 Å². The van der Waals surface area contributed by atoms with Gasteiger partial charge in [-0.1, -0.05) is 0 Å². The number of ether oxygens (including phenoxy) is 2. The van der Waals surface area contributed by atoms with Gasteiger partial charge in [-0.2, -0.15) is 0 Å². The molecule has 0 heterocycles. The van der Waals surface area contributed by atoms with Gasteiger partial charge in [-0.25, -0.2) is 4.39 Å². The highest BCUT2D eigenvalue weighted by Gasteiger charge is 2.38. The number of benzene rings is 1. The van der Waals surface area contributed by atoms with E-state index in [1.807, 2.05) is 0 Å². The van der Waals surface area contributed by atoms with Gasteiger partial charge < -0.3 is 15.2 Å². The molecule has 0 saturated heterocycles. The van der Waals surface area contributed by atoms with E-state index in [1.165, 1.54) is 19.2 Å². The summed E-state index contributed by atoms with van der Waals surface area (Å²) in [7, 11) is 3.13.